The predicted molar refractivity (Wildman–Crippen MR) is 81.5 cm³/mol. The molecule has 0 atom stereocenters. The molecule has 0 saturated carbocycles. The number of ether oxygens (including phenoxy) is 1. The summed E-state index contributed by atoms with van der Waals surface area (Å²) in [5.41, 5.74) is 1.25. The van der Waals surface area contributed by atoms with Gasteiger partial charge in [0, 0.05) is 12.1 Å². The van der Waals surface area contributed by atoms with Gasteiger partial charge in [-0.25, -0.2) is 0 Å². The van der Waals surface area contributed by atoms with Gasteiger partial charge in [0.05, 0.1) is 6.10 Å². The first-order chi connectivity index (χ1) is 8.74. The van der Waals surface area contributed by atoms with Crippen molar-refractivity contribution in [3.8, 4) is 5.75 Å². The third-order valence-corrected chi connectivity index (χ3v) is 3.30. The van der Waals surface area contributed by atoms with Crippen molar-refractivity contribution < 1.29 is 4.74 Å². The maximum Gasteiger partial charge on any atom is 0.124 e. The highest BCUT2D eigenvalue weighted by Gasteiger charge is 2.03. The fourth-order valence-corrected chi connectivity index (χ4v) is 2.23. The Kier molecular flexibility index (Phi) is 7.94. The third-order valence-electron chi connectivity index (χ3n) is 2.60. The molecule has 1 N–H and O–H groups in total. The SMILES string of the molecule is CSCCCCNCc1ccccc1OC(C)C. The lowest BCUT2D eigenvalue weighted by molar-refractivity contribution is 0.239. The Labute approximate surface area is 116 Å². The van der Waals surface area contributed by atoms with E-state index >= 15 is 0 Å². The van der Waals surface area contributed by atoms with E-state index in [4.69, 9.17) is 4.74 Å². The summed E-state index contributed by atoms with van der Waals surface area (Å²) in [7, 11) is 0. The van der Waals surface area contributed by atoms with E-state index in [9.17, 15) is 0 Å². The number of para-hydroxylation sites is 1. The minimum atomic E-state index is 0.229. The molecule has 102 valence electrons. The van der Waals surface area contributed by atoms with Crippen LogP contribution in [0.3, 0.4) is 0 Å². The van der Waals surface area contributed by atoms with Gasteiger partial charge in [-0.3, -0.25) is 0 Å². The van der Waals surface area contributed by atoms with Gasteiger partial charge in [0.2, 0.25) is 0 Å². The van der Waals surface area contributed by atoms with Crippen molar-refractivity contribution in [1.29, 1.82) is 0 Å². The molecule has 0 aliphatic rings. The first-order valence-electron chi connectivity index (χ1n) is 6.68. The lowest BCUT2D eigenvalue weighted by atomic mass is 10.2. The lowest BCUT2D eigenvalue weighted by Crippen LogP contribution is -2.16. The number of nitrogens with one attached hydrogen (secondary N) is 1. The van der Waals surface area contributed by atoms with Gasteiger partial charge >= 0.3 is 0 Å². The molecule has 0 saturated heterocycles. The second-order valence-electron chi connectivity index (χ2n) is 4.65. The van der Waals surface area contributed by atoms with Gasteiger partial charge in [-0.1, -0.05) is 18.2 Å². The predicted octanol–water partition coefficient (Wildman–Crippen LogP) is 3.71. The quantitative estimate of drug-likeness (QED) is 0.689. The molecule has 0 aromatic heterocycles. The van der Waals surface area contributed by atoms with Gasteiger partial charge < -0.3 is 10.1 Å². The Morgan fingerprint density at radius 2 is 2.00 bits per heavy atom. The molecule has 0 aliphatic heterocycles. The van der Waals surface area contributed by atoms with Crippen LogP contribution in [0.15, 0.2) is 24.3 Å². The summed E-state index contributed by atoms with van der Waals surface area (Å²) in [6.45, 7) is 6.10. The average molecular weight is 267 g/mol. The Bertz CT molecular complexity index is 328. The average Bonchev–Trinajstić information content (AvgIpc) is 2.35. The maximum atomic E-state index is 5.80. The zero-order valence-corrected chi connectivity index (χ0v) is 12.6. The van der Waals surface area contributed by atoms with Crippen molar-refractivity contribution in [2.75, 3.05) is 18.6 Å². The van der Waals surface area contributed by atoms with Crippen molar-refractivity contribution in [2.24, 2.45) is 0 Å². The number of benzene rings is 1. The second kappa shape index (κ2) is 9.29. The highest BCUT2D eigenvalue weighted by molar-refractivity contribution is 7.98. The third kappa shape index (κ3) is 6.31. The first kappa shape index (κ1) is 15.4. The minimum absolute atomic E-state index is 0.229. The molecule has 0 spiro atoms. The topological polar surface area (TPSA) is 21.3 Å². The van der Waals surface area contributed by atoms with Crippen LogP contribution in [0, 0.1) is 0 Å². The van der Waals surface area contributed by atoms with Crippen LogP contribution >= 0.6 is 11.8 Å². The van der Waals surface area contributed by atoms with E-state index in [1.54, 1.807) is 0 Å². The van der Waals surface area contributed by atoms with Crippen LogP contribution in [0.1, 0.15) is 32.3 Å². The fourth-order valence-electron chi connectivity index (χ4n) is 1.74. The van der Waals surface area contributed by atoms with Gasteiger partial charge in [0.1, 0.15) is 5.75 Å². The van der Waals surface area contributed by atoms with Crippen molar-refractivity contribution in [2.45, 2.75) is 39.3 Å². The van der Waals surface area contributed by atoms with E-state index < -0.39 is 0 Å². The monoisotopic (exact) mass is 267 g/mol. The van der Waals surface area contributed by atoms with Crippen molar-refractivity contribution in [1.82, 2.24) is 5.32 Å². The summed E-state index contributed by atoms with van der Waals surface area (Å²) >= 11 is 1.92. The lowest BCUT2D eigenvalue weighted by Gasteiger charge is -2.14. The van der Waals surface area contributed by atoms with E-state index in [-0.39, 0.29) is 6.10 Å². The molecule has 1 aromatic carbocycles. The van der Waals surface area contributed by atoms with Crippen LogP contribution < -0.4 is 10.1 Å². The summed E-state index contributed by atoms with van der Waals surface area (Å²) in [6.07, 6.45) is 4.92. The van der Waals surface area contributed by atoms with Gasteiger partial charge in [-0.05, 0) is 51.3 Å². The van der Waals surface area contributed by atoms with Crippen molar-refractivity contribution >= 4 is 11.8 Å². The molecule has 0 aliphatic carbocycles. The molecule has 1 rings (SSSR count). The van der Waals surface area contributed by atoms with Crippen LogP contribution in [-0.4, -0.2) is 24.7 Å². The van der Waals surface area contributed by atoms with E-state index in [0.717, 1.165) is 18.8 Å². The Balaban J connectivity index is 2.32. The largest absolute Gasteiger partial charge is 0.491 e. The molecule has 0 amide bonds. The Morgan fingerprint density at radius 3 is 2.72 bits per heavy atom. The maximum absolute atomic E-state index is 5.80. The molecule has 0 bridgehead atoms. The second-order valence-corrected chi connectivity index (χ2v) is 5.64. The molecular weight excluding hydrogens is 242 g/mol. The van der Waals surface area contributed by atoms with E-state index in [0.29, 0.717) is 0 Å². The van der Waals surface area contributed by atoms with Crippen LogP contribution in [-0.2, 0) is 6.54 Å². The number of hydrogen-bond donors (Lipinski definition) is 1. The van der Waals surface area contributed by atoms with Crippen molar-refractivity contribution in [3.05, 3.63) is 29.8 Å². The molecule has 0 fully saturated rings. The molecule has 18 heavy (non-hydrogen) atoms. The standard InChI is InChI=1S/C15H25NOS/c1-13(2)17-15-9-5-4-8-14(15)12-16-10-6-7-11-18-3/h4-5,8-9,13,16H,6-7,10-12H2,1-3H3. The Morgan fingerprint density at radius 1 is 1.22 bits per heavy atom. The summed E-state index contributed by atoms with van der Waals surface area (Å²) in [6, 6.07) is 8.27. The highest BCUT2D eigenvalue weighted by atomic mass is 32.2. The number of thioether (sulfide) groups is 1. The molecule has 0 heterocycles. The van der Waals surface area contributed by atoms with Gasteiger partial charge in [-0.2, -0.15) is 11.8 Å². The molecule has 1 aromatic rings. The van der Waals surface area contributed by atoms with Gasteiger partial charge in [-0.15, -0.1) is 0 Å². The summed E-state index contributed by atoms with van der Waals surface area (Å²) in [5, 5.41) is 3.48. The van der Waals surface area contributed by atoms with Crippen LogP contribution in [0.4, 0.5) is 0 Å². The highest BCUT2D eigenvalue weighted by Crippen LogP contribution is 2.19. The smallest absolute Gasteiger partial charge is 0.124 e. The molecule has 2 nitrogen and oxygen atoms in total. The summed E-state index contributed by atoms with van der Waals surface area (Å²) in [5.74, 6) is 2.26. The van der Waals surface area contributed by atoms with Crippen molar-refractivity contribution in [3.63, 3.8) is 0 Å². The number of unbranched alkanes of at least 4 members (excludes halogenated alkanes) is 1. The van der Waals surface area contributed by atoms with E-state index in [1.807, 2.05) is 23.9 Å². The molecule has 3 heteroatoms. The number of rotatable bonds is 9. The normalized spacial score (nSPS) is 10.9. The molecule has 0 unspecified atom stereocenters. The molecular formula is C15H25NOS. The van der Waals surface area contributed by atoms with E-state index in [2.05, 4.69) is 37.6 Å². The van der Waals surface area contributed by atoms with E-state index in [1.165, 1.54) is 24.2 Å². The summed E-state index contributed by atoms with van der Waals surface area (Å²) < 4.78 is 5.80. The zero-order chi connectivity index (χ0) is 13.2. The van der Waals surface area contributed by atoms with Gasteiger partial charge in [0.15, 0.2) is 0 Å². The first-order valence-corrected chi connectivity index (χ1v) is 8.07. The Hall–Kier alpha value is -0.670. The minimum Gasteiger partial charge on any atom is -0.491 e. The van der Waals surface area contributed by atoms with Crippen LogP contribution in [0.25, 0.3) is 0 Å². The zero-order valence-electron chi connectivity index (χ0n) is 11.7. The number of hydrogen-bond acceptors (Lipinski definition) is 3. The fraction of sp³-hybridized carbons (Fsp3) is 0.600. The van der Waals surface area contributed by atoms with Gasteiger partial charge in [0.25, 0.3) is 0 Å². The summed E-state index contributed by atoms with van der Waals surface area (Å²) in [4.78, 5) is 0. The van der Waals surface area contributed by atoms with Crippen LogP contribution in [0.5, 0.6) is 5.75 Å². The van der Waals surface area contributed by atoms with Crippen LogP contribution in [0.2, 0.25) is 0 Å². The molecule has 0 radical (unpaired) electrons.